The molecule has 0 fully saturated rings. The lowest BCUT2D eigenvalue weighted by atomic mass is 9.95. The fourth-order valence-corrected chi connectivity index (χ4v) is 3.58. The Morgan fingerprint density at radius 1 is 0.700 bits per heavy atom. The molecule has 0 spiro atoms. The fraction of sp³-hybridized carbons (Fsp3) is 0.636. The number of rotatable bonds is 9. The monoisotopic (exact) mass is 418 g/mol. The van der Waals surface area contributed by atoms with Crippen molar-refractivity contribution in [2.24, 2.45) is 0 Å². The van der Waals surface area contributed by atoms with Crippen molar-refractivity contribution in [3.8, 4) is 0 Å². The van der Waals surface area contributed by atoms with Gasteiger partial charge in [-0.25, -0.2) is 0 Å². The highest BCUT2D eigenvalue weighted by molar-refractivity contribution is 6.21. The summed E-state index contributed by atoms with van der Waals surface area (Å²) in [4.78, 5) is 48.5. The molecule has 30 heavy (non-hydrogen) atoms. The maximum absolute atomic E-state index is 12.3. The highest BCUT2D eigenvalue weighted by Gasteiger charge is 2.39. The van der Waals surface area contributed by atoms with Crippen LogP contribution in [0.5, 0.6) is 0 Å². The molecule has 0 saturated carbocycles. The van der Waals surface area contributed by atoms with Crippen LogP contribution in [-0.4, -0.2) is 47.8 Å². The Morgan fingerprint density at radius 2 is 1.03 bits per heavy atom. The molecule has 0 atom stereocenters. The molecule has 2 aliphatic heterocycles. The average molecular weight is 419 g/mol. The van der Waals surface area contributed by atoms with Gasteiger partial charge in [-0.05, 0) is 65.5 Å². The molecule has 8 nitrogen and oxygen atoms in total. The van der Waals surface area contributed by atoms with Gasteiger partial charge in [0.15, 0.2) is 0 Å². The molecule has 0 aromatic carbocycles. The Hall–Kier alpha value is -2.64. The summed E-state index contributed by atoms with van der Waals surface area (Å²) in [5.41, 5.74) is 0.962. The summed E-state index contributed by atoms with van der Waals surface area (Å²) in [6.45, 7) is 12.1. The molecule has 2 heterocycles. The normalized spacial score (nSPS) is 19.7. The third kappa shape index (κ3) is 5.09. The first-order valence-electron chi connectivity index (χ1n) is 10.5. The van der Waals surface area contributed by atoms with Gasteiger partial charge < -0.3 is 21.3 Å². The summed E-state index contributed by atoms with van der Waals surface area (Å²) < 4.78 is 0. The van der Waals surface area contributed by atoms with Gasteiger partial charge in [0.2, 0.25) is 0 Å². The van der Waals surface area contributed by atoms with Gasteiger partial charge in [-0.3, -0.25) is 19.2 Å². The summed E-state index contributed by atoms with van der Waals surface area (Å²) in [7, 11) is 0. The Balaban J connectivity index is 1.63. The van der Waals surface area contributed by atoms with Gasteiger partial charge in [-0.15, -0.1) is 0 Å². The number of carbonyl (C=O) groups is 4. The topological polar surface area (TPSA) is 116 Å². The van der Waals surface area contributed by atoms with Crippen molar-refractivity contribution in [1.29, 1.82) is 0 Å². The van der Waals surface area contributed by atoms with E-state index in [0.717, 1.165) is 36.8 Å². The summed E-state index contributed by atoms with van der Waals surface area (Å²) in [6, 6.07) is 0. The average Bonchev–Trinajstić information content (AvgIpc) is 2.96. The molecule has 0 aromatic heterocycles. The van der Waals surface area contributed by atoms with Crippen molar-refractivity contribution in [2.45, 2.75) is 78.3 Å². The predicted octanol–water partition coefficient (Wildman–Crippen LogP) is 1.23. The molecule has 0 aliphatic carbocycles. The van der Waals surface area contributed by atoms with E-state index in [9.17, 15) is 19.2 Å². The predicted molar refractivity (Wildman–Crippen MR) is 114 cm³/mol. The third-order valence-corrected chi connectivity index (χ3v) is 6.06. The third-order valence-electron chi connectivity index (χ3n) is 6.06. The molecule has 0 unspecified atom stereocenters. The highest BCUT2D eigenvalue weighted by Crippen LogP contribution is 2.27. The Labute approximate surface area is 178 Å². The second-order valence-electron chi connectivity index (χ2n) is 9.08. The minimum Gasteiger partial charge on any atom is -0.352 e. The van der Waals surface area contributed by atoms with E-state index in [1.807, 2.05) is 27.7 Å². The van der Waals surface area contributed by atoms with E-state index in [4.69, 9.17) is 0 Å². The summed E-state index contributed by atoms with van der Waals surface area (Å²) in [5, 5.41) is 11.2. The van der Waals surface area contributed by atoms with Crippen LogP contribution in [0.2, 0.25) is 0 Å². The van der Waals surface area contributed by atoms with Gasteiger partial charge in [-0.1, -0.05) is 12.8 Å². The van der Waals surface area contributed by atoms with Crippen molar-refractivity contribution in [2.75, 3.05) is 13.1 Å². The van der Waals surface area contributed by atoms with Crippen molar-refractivity contribution in [3.05, 3.63) is 22.3 Å². The van der Waals surface area contributed by atoms with Gasteiger partial charge in [0.05, 0.1) is 11.1 Å². The molecule has 8 heteroatoms. The first-order chi connectivity index (χ1) is 13.9. The van der Waals surface area contributed by atoms with Crippen LogP contribution in [0.3, 0.4) is 0 Å². The minimum absolute atomic E-state index is 0.214. The molecule has 4 amide bonds. The molecule has 2 rings (SSSR count). The van der Waals surface area contributed by atoms with Crippen LogP contribution < -0.4 is 21.3 Å². The van der Waals surface area contributed by atoms with Crippen LogP contribution >= 0.6 is 0 Å². The fourth-order valence-electron chi connectivity index (χ4n) is 3.58. The molecule has 0 bridgehead atoms. The standard InChI is InChI=1S/C22H34N4O4/c1-13-15(19(29)25-21(13,3)4)17(27)23-11-9-7-8-10-12-24-18(28)16-14(2)22(5,6)26-20(16)30/h7-12H2,1-6H3,(H,23,27)(H,24,28)(H,25,29)(H,26,30). The van der Waals surface area contributed by atoms with Crippen molar-refractivity contribution in [3.63, 3.8) is 0 Å². The molecule has 0 aromatic rings. The maximum Gasteiger partial charge on any atom is 0.257 e. The Morgan fingerprint density at radius 3 is 1.30 bits per heavy atom. The van der Waals surface area contributed by atoms with Gasteiger partial charge in [0.25, 0.3) is 23.6 Å². The summed E-state index contributed by atoms with van der Waals surface area (Å²) >= 11 is 0. The quantitative estimate of drug-likeness (QED) is 0.333. The lowest BCUT2D eigenvalue weighted by molar-refractivity contribution is -0.124. The molecule has 0 saturated heterocycles. The van der Waals surface area contributed by atoms with Crippen molar-refractivity contribution < 1.29 is 19.2 Å². The smallest absolute Gasteiger partial charge is 0.257 e. The van der Waals surface area contributed by atoms with Gasteiger partial charge in [-0.2, -0.15) is 0 Å². The number of hydrogen-bond acceptors (Lipinski definition) is 4. The van der Waals surface area contributed by atoms with E-state index in [1.165, 1.54) is 0 Å². The van der Waals surface area contributed by atoms with Crippen LogP contribution in [-0.2, 0) is 19.2 Å². The SMILES string of the molecule is CC1=C(C(=O)NCCCCCCNC(=O)C2=C(C)C(C)(C)NC2=O)C(=O)NC1(C)C. The van der Waals surface area contributed by atoms with E-state index in [0.29, 0.717) is 13.1 Å². The lowest BCUT2D eigenvalue weighted by Crippen LogP contribution is -2.38. The van der Waals surface area contributed by atoms with Crippen LogP contribution in [0.15, 0.2) is 22.3 Å². The van der Waals surface area contributed by atoms with E-state index in [-0.39, 0.29) is 34.8 Å². The van der Waals surface area contributed by atoms with Crippen LogP contribution in [0.4, 0.5) is 0 Å². The van der Waals surface area contributed by atoms with Crippen molar-refractivity contribution in [1.82, 2.24) is 21.3 Å². The lowest BCUT2D eigenvalue weighted by Gasteiger charge is -2.19. The van der Waals surface area contributed by atoms with Crippen LogP contribution in [0.1, 0.15) is 67.2 Å². The van der Waals surface area contributed by atoms with E-state index < -0.39 is 11.1 Å². The second-order valence-corrected chi connectivity index (χ2v) is 9.08. The van der Waals surface area contributed by atoms with E-state index >= 15 is 0 Å². The zero-order chi connectivity index (χ0) is 22.7. The van der Waals surface area contributed by atoms with Gasteiger partial charge in [0, 0.05) is 13.1 Å². The Bertz CT molecular complexity index is 753. The van der Waals surface area contributed by atoms with Gasteiger partial charge >= 0.3 is 0 Å². The molecule has 0 radical (unpaired) electrons. The number of hydrogen-bond donors (Lipinski definition) is 4. The zero-order valence-corrected chi connectivity index (χ0v) is 18.9. The molecular weight excluding hydrogens is 384 g/mol. The largest absolute Gasteiger partial charge is 0.352 e. The number of unbranched alkanes of at least 4 members (excludes halogenated alkanes) is 3. The minimum atomic E-state index is -0.488. The zero-order valence-electron chi connectivity index (χ0n) is 18.9. The first kappa shape index (κ1) is 23.6. The van der Waals surface area contributed by atoms with E-state index in [1.54, 1.807) is 13.8 Å². The summed E-state index contributed by atoms with van der Waals surface area (Å²) in [6.07, 6.45) is 3.36. The number of nitrogens with one attached hydrogen (secondary N) is 4. The van der Waals surface area contributed by atoms with Crippen molar-refractivity contribution >= 4 is 23.6 Å². The van der Waals surface area contributed by atoms with E-state index in [2.05, 4.69) is 21.3 Å². The molecule has 166 valence electrons. The first-order valence-corrected chi connectivity index (χ1v) is 10.5. The second kappa shape index (κ2) is 9.02. The number of carbonyl (C=O) groups excluding carboxylic acids is 4. The van der Waals surface area contributed by atoms with Gasteiger partial charge in [0.1, 0.15) is 11.1 Å². The maximum atomic E-state index is 12.3. The highest BCUT2D eigenvalue weighted by atomic mass is 16.2. The van der Waals surface area contributed by atoms with Crippen LogP contribution in [0.25, 0.3) is 0 Å². The van der Waals surface area contributed by atoms with Crippen LogP contribution in [0, 0.1) is 0 Å². The molecular formula is C22H34N4O4. The summed E-state index contributed by atoms with van der Waals surface area (Å²) in [5.74, 6) is -1.31. The Kier molecular flexibility index (Phi) is 7.10. The number of amides is 4. The molecule has 2 aliphatic rings. The molecule has 4 N–H and O–H groups in total.